The summed E-state index contributed by atoms with van der Waals surface area (Å²) in [6.45, 7) is 2.12. The maximum absolute atomic E-state index is 13.9. The number of benzene rings is 2. The van der Waals surface area contributed by atoms with Crippen molar-refractivity contribution < 1.29 is 18.6 Å². The minimum absolute atomic E-state index is 0.0263. The molecule has 0 unspecified atom stereocenters. The highest BCUT2D eigenvalue weighted by Crippen LogP contribution is 2.45. The molecule has 4 rings (SSSR count). The van der Waals surface area contributed by atoms with Gasteiger partial charge in [-0.1, -0.05) is 37.6 Å². The van der Waals surface area contributed by atoms with Gasteiger partial charge in [0.25, 0.3) is 0 Å². The standard InChI is InChI=1S/C24H23FN4O3/c1-3-6-18-22-21(16(12-26)23(27)32-24(22)29-28-18)14-9-10-19(20(11-14)30-2)31-13-15-7-4-5-8-17(15)25/h4-5,7-11,21H,3,6,13,27H2,1-2H3,(H,28,29)/t21-/m0/s1. The number of allylic oxidation sites excluding steroid dienone is 1. The second-order valence-corrected chi connectivity index (χ2v) is 7.39. The Bertz CT molecular complexity index is 1210. The number of nitrogens with one attached hydrogen (secondary N) is 1. The fourth-order valence-electron chi connectivity index (χ4n) is 3.84. The molecule has 8 heteroatoms. The highest BCUT2D eigenvalue weighted by atomic mass is 19.1. The second kappa shape index (κ2) is 9.02. The van der Waals surface area contributed by atoms with Gasteiger partial charge in [0.05, 0.1) is 13.0 Å². The topological polar surface area (TPSA) is 106 Å². The minimum Gasteiger partial charge on any atom is -0.493 e. The number of hydrogen-bond acceptors (Lipinski definition) is 6. The summed E-state index contributed by atoms with van der Waals surface area (Å²) in [5, 5.41) is 17.1. The maximum atomic E-state index is 13.9. The van der Waals surface area contributed by atoms with Crippen molar-refractivity contribution in [3.8, 4) is 23.4 Å². The molecule has 0 spiro atoms. The third kappa shape index (κ3) is 3.85. The Kier molecular flexibility index (Phi) is 5.99. The van der Waals surface area contributed by atoms with Crippen molar-refractivity contribution >= 4 is 0 Å². The number of methoxy groups -OCH3 is 1. The van der Waals surface area contributed by atoms with Gasteiger partial charge >= 0.3 is 0 Å². The number of aromatic amines is 1. The zero-order valence-corrected chi connectivity index (χ0v) is 17.8. The van der Waals surface area contributed by atoms with Gasteiger partial charge in [-0.05, 0) is 30.2 Å². The molecule has 0 aliphatic carbocycles. The number of halogens is 1. The third-order valence-corrected chi connectivity index (χ3v) is 5.38. The molecule has 0 saturated heterocycles. The van der Waals surface area contributed by atoms with E-state index in [4.69, 9.17) is 19.9 Å². The molecule has 0 bridgehead atoms. The van der Waals surface area contributed by atoms with E-state index >= 15 is 0 Å². The molecule has 0 fully saturated rings. The molecule has 1 aliphatic heterocycles. The largest absolute Gasteiger partial charge is 0.493 e. The van der Waals surface area contributed by atoms with Crippen LogP contribution in [0, 0.1) is 17.1 Å². The lowest BCUT2D eigenvalue weighted by atomic mass is 9.83. The van der Waals surface area contributed by atoms with E-state index in [1.807, 2.05) is 6.07 Å². The highest BCUT2D eigenvalue weighted by molar-refractivity contribution is 5.57. The van der Waals surface area contributed by atoms with Crippen molar-refractivity contribution in [2.45, 2.75) is 32.3 Å². The number of nitrogens with zero attached hydrogens (tertiary/aromatic N) is 2. The molecule has 0 amide bonds. The molecule has 1 aliphatic rings. The number of nitriles is 1. The molecule has 3 N–H and O–H groups in total. The lowest BCUT2D eigenvalue weighted by Crippen LogP contribution is -2.21. The highest BCUT2D eigenvalue weighted by Gasteiger charge is 2.35. The summed E-state index contributed by atoms with van der Waals surface area (Å²) in [6.07, 6.45) is 1.65. The molecule has 2 heterocycles. The minimum atomic E-state index is -0.460. The van der Waals surface area contributed by atoms with Crippen molar-refractivity contribution in [3.05, 3.63) is 82.1 Å². The number of nitrogens with two attached hydrogens (primary N) is 1. The van der Waals surface area contributed by atoms with Gasteiger partial charge in [0, 0.05) is 16.8 Å². The van der Waals surface area contributed by atoms with Crippen LogP contribution in [0.15, 0.2) is 53.9 Å². The normalized spacial score (nSPS) is 15.0. The van der Waals surface area contributed by atoms with E-state index in [-0.39, 0.29) is 18.3 Å². The predicted molar refractivity (Wildman–Crippen MR) is 116 cm³/mol. The molecule has 1 aromatic heterocycles. The van der Waals surface area contributed by atoms with Crippen molar-refractivity contribution in [1.29, 1.82) is 5.26 Å². The first-order valence-electron chi connectivity index (χ1n) is 10.3. The van der Waals surface area contributed by atoms with E-state index in [0.29, 0.717) is 28.5 Å². The fraction of sp³-hybridized carbons (Fsp3) is 0.250. The number of aryl methyl sites for hydroxylation is 1. The summed E-state index contributed by atoms with van der Waals surface area (Å²) in [4.78, 5) is 0. The summed E-state index contributed by atoms with van der Waals surface area (Å²) in [6, 6.07) is 14.0. The Morgan fingerprint density at radius 2 is 2.06 bits per heavy atom. The first-order valence-corrected chi connectivity index (χ1v) is 10.3. The molecule has 164 valence electrons. The lowest BCUT2D eigenvalue weighted by Gasteiger charge is -2.24. The Morgan fingerprint density at radius 1 is 1.25 bits per heavy atom. The summed E-state index contributed by atoms with van der Waals surface area (Å²) in [5.41, 5.74) is 9.24. The van der Waals surface area contributed by atoms with Crippen LogP contribution in [-0.2, 0) is 13.0 Å². The number of rotatable bonds is 7. The van der Waals surface area contributed by atoms with Gasteiger partial charge in [0.1, 0.15) is 24.1 Å². The van der Waals surface area contributed by atoms with Crippen LogP contribution in [0.25, 0.3) is 0 Å². The van der Waals surface area contributed by atoms with Crippen LogP contribution in [0.3, 0.4) is 0 Å². The van der Waals surface area contributed by atoms with E-state index in [1.54, 1.807) is 30.3 Å². The van der Waals surface area contributed by atoms with Gasteiger partial charge in [-0.2, -0.15) is 5.26 Å². The Labute approximate surface area is 185 Å². The molecular formula is C24H23FN4O3. The van der Waals surface area contributed by atoms with Crippen LogP contribution in [0.4, 0.5) is 4.39 Å². The monoisotopic (exact) mass is 434 g/mol. The van der Waals surface area contributed by atoms with Crippen molar-refractivity contribution in [1.82, 2.24) is 10.2 Å². The van der Waals surface area contributed by atoms with Gasteiger partial charge in [-0.3, -0.25) is 5.10 Å². The zero-order chi connectivity index (χ0) is 22.7. The number of aromatic nitrogens is 2. The lowest BCUT2D eigenvalue weighted by molar-refractivity contribution is 0.279. The maximum Gasteiger partial charge on any atom is 0.244 e. The first-order chi connectivity index (χ1) is 15.6. The molecule has 32 heavy (non-hydrogen) atoms. The molecule has 1 atom stereocenters. The quantitative estimate of drug-likeness (QED) is 0.574. The van der Waals surface area contributed by atoms with Crippen molar-refractivity contribution in [3.63, 3.8) is 0 Å². The second-order valence-electron chi connectivity index (χ2n) is 7.39. The smallest absolute Gasteiger partial charge is 0.244 e. The summed E-state index contributed by atoms with van der Waals surface area (Å²) in [5.74, 6) is 0.526. The molecule has 2 aromatic carbocycles. The van der Waals surface area contributed by atoms with Gasteiger partial charge in [0.15, 0.2) is 11.5 Å². The summed E-state index contributed by atoms with van der Waals surface area (Å²) < 4.78 is 30.9. The number of hydrogen-bond donors (Lipinski definition) is 2. The van der Waals surface area contributed by atoms with Crippen LogP contribution >= 0.6 is 0 Å². The van der Waals surface area contributed by atoms with E-state index in [2.05, 4.69) is 23.2 Å². The van der Waals surface area contributed by atoms with Crippen LogP contribution in [0.5, 0.6) is 17.4 Å². The fourth-order valence-corrected chi connectivity index (χ4v) is 3.84. The van der Waals surface area contributed by atoms with Crippen LogP contribution in [0.2, 0.25) is 0 Å². The van der Waals surface area contributed by atoms with E-state index in [1.165, 1.54) is 13.2 Å². The average molecular weight is 434 g/mol. The average Bonchev–Trinajstić information content (AvgIpc) is 3.19. The summed E-state index contributed by atoms with van der Waals surface area (Å²) in [7, 11) is 1.53. The number of ether oxygens (including phenoxy) is 3. The van der Waals surface area contributed by atoms with E-state index in [9.17, 15) is 9.65 Å². The van der Waals surface area contributed by atoms with Crippen LogP contribution in [-0.4, -0.2) is 17.3 Å². The molecular weight excluding hydrogens is 411 g/mol. The molecule has 0 radical (unpaired) electrons. The third-order valence-electron chi connectivity index (χ3n) is 5.38. The number of H-pyrrole nitrogens is 1. The molecule has 0 saturated carbocycles. The predicted octanol–water partition coefficient (Wildman–Crippen LogP) is 4.31. The van der Waals surface area contributed by atoms with Gasteiger partial charge in [0.2, 0.25) is 11.8 Å². The van der Waals surface area contributed by atoms with Gasteiger partial charge in [-0.25, -0.2) is 4.39 Å². The van der Waals surface area contributed by atoms with E-state index in [0.717, 1.165) is 29.7 Å². The number of fused-ring (bicyclic) bond motifs is 1. The van der Waals surface area contributed by atoms with Crippen molar-refractivity contribution in [2.75, 3.05) is 7.11 Å². The zero-order valence-electron chi connectivity index (χ0n) is 17.8. The van der Waals surface area contributed by atoms with Gasteiger partial charge in [-0.15, -0.1) is 5.10 Å². The van der Waals surface area contributed by atoms with Gasteiger partial charge < -0.3 is 19.9 Å². The SMILES string of the molecule is CCCc1[nH]nc2c1[C@@H](c1ccc(OCc3ccccc3F)c(OC)c1)C(C#N)=C(N)O2. The van der Waals surface area contributed by atoms with Crippen LogP contribution in [0.1, 0.15) is 41.6 Å². The summed E-state index contributed by atoms with van der Waals surface area (Å²) >= 11 is 0. The Hall–Kier alpha value is -3.99. The molecule has 3 aromatic rings. The Morgan fingerprint density at radius 3 is 2.78 bits per heavy atom. The first kappa shape index (κ1) is 21.2. The van der Waals surface area contributed by atoms with Crippen LogP contribution < -0.4 is 19.9 Å². The van der Waals surface area contributed by atoms with Crippen molar-refractivity contribution in [2.24, 2.45) is 5.73 Å². The molecule has 7 nitrogen and oxygen atoms in total. The van der Waals surface area contributed by atoms with E-state index < -0.39 is 5.92 Å². The Balaban J connectivity index is 1.71.